The molecule has 6 nitrogen and oxygen atoms in total. The number of nitrogens with zero attached hydrogens (tertiary/aromatic N) is 1. The molecule has 1 heterocycles. The molecule has 0 aliphatic carbocycles. The van der Waals surface area contributed by atoms with Gasteiger partial charge in [0.2, 0.25) is 0 Å². The fraction of sp³-hybridized carbons (Fsp3) is 0.391. The number of hydrogen-bond donors (Lipinski definition) is 3. The zero-order valence-corrected chi connectivity index (χ0v) is 17.6. The van der Waals surface area contributed by atoms with E-state index in [0.717, 1.165) is 35.8 Å². The Hall–Kier alpha value is -3.02. The van der Waals surface area contributed by atoms with Crippen LogP contribution in [-0.2, 0) is 6.54 Å². The number of benzene rings is 2. The summed E-state index contributed by atoms with van der Waals surface area (Å²) in [4.78, 5) is 16.6. The van der Waals surface area contributed by atoms with Gasteiger partial charge in [0.25, 0.3) is 5.91 Å². The van der Waals surface area contributed by atoms with Gasteiger partial charge in [-0.25, -0.2) is 4.99 Å². The lowest BCUT2D eigenvalue weighted by atomic mass is 9.90. The maximum atomic E-state index is 11.9. The van der Waals surface area contributed by atoms with E-state index in [4.69, 9.17) is 9.73 Å². The second-order valence-corrected chi connectivity index (χ2v) is 7.78. The van der Waals surface area contributed by atoms with Crippen molar-refractivity contribution in [3.05, 3.63) is 65.2 Å². The normalized spacial score (nSPS) is 17.7. The number of para-hydroxylation sites is 1. The monoisotopic (exact) mass is 394 g/mol. The maximum Gasteiger partial charge on any atom is 0.251 e. The van der Waals surface area contributed by atoms with Crippen LogP contribution >= 0.6 is 0 Å². The van der Waals surface area contributed by atoms with Crippen molar-refractivity contribution in [1.29, 1.82) is 0 Å². The summed E-state index contributed by atoms with van der Waals surface area (Å²) in [5.41, 5.74) is 2.50. The standard InChI is InChI=1S/C23H30N4O2/c1-5-25-22(26-15-16-9-8-10-17(13-16)21(28)24-4)27-19-14-23(2,3)29-20-12-7-6-11-18(19)20/h6-13,19H,5,14-15H2,1-4H3,(H,24,28)(H2,25,26,27). The summed E-state index contributed by atoms with van der Waals surface area (Å²) >= 11 is 0. The summed E-state index contributed by atoms with van der Waals surface area (Å²) in [6.07, 6.45) is 0.834. The topological polar surface area (TPSA) is 74.8 Å². The molecule has 1 amide bonds. The molecular weight excluding hydrogens is 364 g/mol. The Morgan fingerprint density at radius 2 is 2.00 bits per heavy atom. The second kappa shape index (κ2) is 8.99. The average molecular weight is 395 g/mol. The van der Waals surface area contributed by atoms with Gasteiger partial charge in [0.05, 0.1) is 12.6 Å². The molecule has 1 aliphatic heterocycles. The molecule has 0 spiro atoms. The van der Waals surface area contributed by atoms with Gasteiger partial charge in [-0.3, -0.25) is 4.79 Å². The fourth-order valence-electron chi connectivity index (χ4n) is 3.54. The third-order valence-corrected chi connectivity index (χ3v) is 4.87. The van der Waals surface area contributed by atoms with E-state index in [0.29, 0.717) is 12.1 Å². The van der Waals surface area contributed by atoms with E-state index in [9.17, 15) is 4.79 Å². The molecule has 3 N–H and O–H groups in total. The first-order chi connectivity index (χ1) is 13.9. The molecule has 1 atom stereocenters. The van der Waals surface area contributed by atoms with E-state index in [1.54, 1.807) is 13.1 Å². The lowest BCUT2D eigenvalue weighted by Gasteiger charge is -2.38. The van der Waals surface area contributed by atoms with E-state index in [2.05, 4.69) is 35.9 Å². The Labute approximate surface area is 172 Å². The van der Waals surface area contributed by atoms with E-state index in [1.165, 1.54) is 0 Å². The van der Waals surface area contributed by atoms with Crippen LogP contribution < -0.4 is 20.7 Å². The number of aliphatic imine (C=N–C) groups is 1. The molecule has 29 heavy (non-hydrogen) atoms. The predicted octanol–water partition coefficient (Wildman–Crippen LogP) is 3.40. The number of amides is 1. The summed E-state index contributed by atoms with van der Waals surface area (Å²) < 4.78 is 6.13. The van der Waals surface area contributed by atoms with Crippen LogP contribution in [0.2, 0.25) is 0 Å². The van der Waals surface area contributed by atoms with Gasteiger partial charge in [-0.1, -0.05) is 30.3 Å². The summed E-state index contributed by atoms with van der Waals surface area (Å²) in [6, 6.07) is 15.8. The quantitative estimate of drug-likeness (QED) is 0.537. The smallest absolute Gasteiger partial charge is 0.251 e. The van der Waals surface area contributed by atoms with Crippen molar-refractivity contribution in [1.82, 2.24) is 16.0 Å². The minimum absolute atomic E-state index is 0.0955. The van der Waals surface area contributed by atoms with Crippen molar-refractivity contribution >= 4 is 11.9 Å². The number of carbonyl (C=O) groups is 1. The first-order valence-electron chi connectivity index (χ1n) is 10.1. The van der Waals surface area contributed by atoms with Crippen LogP contribution in [0.1, 0.15) is 54.7 Å². The molecule has 0 saturated carbocycles. The van der Waals surface area contributed by atoms with E-state index in [1.807, 2.05) is 43.3 Å². The van der Waals surface area contributed by atoms with Gasteiger partial charge < -0.3 is 20.7 Å². The molecule has 1 aliphatic rings. The number of ether oxygens (including phenoxy) is 1. The van der Waals surface area contributed by atoms with Crippen molar-refractivity contribution in [2.24, 2.45) is 4.99 Å². The third-order valence-electron chi connectivity index (χ3n) is 4.87. The van der Waals surface area contributed by atoms with Gasteiger partial charge in [0, 0.05) is 31.1 Å². The largest absolute Gasteiger partial charge is 0.487 e. The molecule has 0 saturated heterocycles. The van der Waals surface area contributed by atoms with Crippen molar-refractivity contribution in [3.63, 3.8) is 0 Å². The van der Waals surface area contributed by atoms with Crippen LogP contribution in [0.15, 0.2) is 53.5 Å². The molecule has 2 aromatic carbocycles. The van der Waals surface area contributed by atoms with Crippen LogP contribution in [-0.4, -0.2) is 31.1 Å². The molecule has 3 rings (SSSR count). The van der Waals surface area contributed by atoms with E-state index < -0.39 is 0 Å². The minimum Gasteiger partial charge on any atom is -0.487 e. The van der Waals surface area contributed by atoms with Crippen LogP contribution in [0.3, 0.4) is 0 Å². The highest BCUT2D eigenvalue weighted by atomic mass is 16.5. The highest BCUT2D eigenvalue weighted by molar-refractivity contribution is 5.94. The van der Waals surface area contributed by atoms with Gasteiger partial charge in [0.1, 0.15) is 11.4 Å². The lowest BCUT2D eigenvalue weighted by molar-refractivity contribution is 0.0694. The second-order valence-electron chi connectivity index (χ2n) is 7.78. The molecule has 1 unspecified atom stereocenters. The van der Waals surface area contributed by atoms with Gasteiger partial charge in [-0.15, -0.1) is 0 Å². The summed E-state index contributed by atoms with van der Waals surface area (Å²) in [7, 11) is 1.63. The molecule has 0 aromatic heterocycles. The molecule has 2 aromatic rings. The first kappa shape index (κ1) is 20.7. The van der Waals surface area contributed by atoms with Crippen LogP contribution in [0.4, 0.5) is 0 Å². The highest BCUT2D eigenvalue weighted by Gasteiger charge is 2.33. The molecule has 0 radical (unpaired) electrons. The van der Waals surface area contributed by atoms with Gasteiger partial charge in [-0.2, -0.15) is 0 Å². The number of fused-ring (bicyclic) bond motifs is 1. The molecule has 0 bridgehead atoms. The number of carbonyl (C=O) groups excluding carboxylic acids is 1. The Bertz CT molecular complexity index is 892. The summed E-state index contributed by atoms with van der Waals surface area (Å²) in [5.74, 6) is 1.56. The van der Waals surface area contributed by atoms with Gasteiger partial charge >= 0.3 is 0 Å². The number of rotatable bonds is 5. The van der Waals surface area contributed by atoms with E-state index in [-0.39, 0.29) is 17.6 Å². The van der Waals surface area contributed by atoms with Crippen LogP contribution in [0.5, 0.6) is 5.75 Å². The molecule has 0 fully saturated rings. The Morgan fingerprint density at radius 3 is 2.76 bits per heavy atom. The van der Waals surface area contributed by atoms with Gasteiger partial charge in [-0.05, 0) is 44.5 Å². The fourth-order valence-corrected chi connectivity index (χ4v) is 3.54. The molecular formula is C23H30N4O2. The lowest BCUT2D eigenvalue weighted by Crippen LogP contribution is -2.45. The predicted molar refractivity (Wildman–Crippen MR) is 116 cm³/mol. The minimum atomic E-state index is -0.259. The highest BCUT2D eigenvalue weighted by Crippen LogP contribution is 2.39. The number of guanidine groups is 1. The van der Waals surface area contributed by atoms with Crippen molar-refractivity contribution < 1.29 is 9.53 Å². The summed E-state index contributed by atoms with van der Waals surface area (Å²) in [6.45, 7) is 7.50. The first-order valence-corrected chi connectivity index (χ1v) is 10.1. The summed E-state index contributed by atoms with van der Waals surface area (Å²) in [5, 5.41) is 9.55. The SMILES string of the molecule is CCNC(=NCc1cccc(C(=O)NC)c1)NC1CC(C)(C)Oc2ccccc21. The van der Waals surface area contributed by atoms with Crippen molar-refractivity contribution in [3.8, 4) is 5.75 Å². The van der Waals surface area contributed by atoms with Crippen molar-refractivity contribution in [2.75, 3.05) is 13.6 Å². The molecule has 6 heteroatoms. The van der Waals surface area contributed by atoms with Crippen LogP contribution in [0, 0.1) is 0 Å². The molecule has 154 valence electrons. The third kappa shape index (κ3) is 5.28. The zero-order valence-electron chi connectivity index (χ0n) is 17.6. The number of hydrogen-bond acceptors (Lipinski definition) is 3. The van der Waals surface area contributed by atoms with Crippen LogP contribution in [0.25, 0.3) is 0 Å². The maximum absolute atomic E-state index is 11.9. The zero-order chi connectivity index (χ0) is 20.9. The Morgan fingerprint density at radius 1 is 1.21 bits per heavy atom. The van der Waals surface area contributed by atoms with Gasteiger partial charge in [0.15, 0.2) is 5.96 Å². The Balaban J connectivity index is 1.79. The Kier molecular flexibility index (Phi) is 6.42. The number of nitrogens with one attached hydrogen (secondary N) is 3. The van der Waals surface area contributed by atoms with Crippen molar-refractivity contribution in [2.45, 2.75) is 45.4 Å². The average Bonchev–Trinajstić information content (AvgIpc) is 2.71. The van der Waals surface area contributed by atoms with E-state index >= 15 is 0 Å².